The number of methoxy groups -OCH3 is 1. The van der Waals surface area contributed by atoms with Crippen molar-refractivity contribution in [1.82, 2.24) is 0 Å². The number of aliphatic imine (C=N–C) groups is 1. The van der Waals surface area contributed by atoms with Gasteiger partial charge in [-0.1, -0.05) is 18.2 Å². The minimum atomic E-state index is -4.29. The fourth-order valence-electron chi connectivity index (χ4n) is 2.39. The van der Waals surface area contributed by atoms with Crippen molar-refractivity contribution >= 4 is 11.6 Å². The van der Waals surface area contributed by atoms with Gasteiger partial charge in [0.2, 0.25) is 0 Å². The van der Waals surface area contributed by atoms with Crippen molar-refractivity contribution in [2.45, 2.75) is 25.4 Å². The van der Waals surface area contributed by atoms with Crippen LogP contribution >= 0.6 is 0 Å². The number of ether oxygens (including phenoxy) is 1. The summed E-state index contributed by atoms with van der Waals surface area (Å²) in [4.78, 5) is 4.25. The van der Waals surface area contributed by atoms with Crippen LogP contribution in [-0.4, -0.2) is 19.6 Å². The highest BCUT2D eigenvalue weighted by atomic mass is 19.4. The third-order valence-electron chi connectivity index (χ3n) is 3.78. The van der Waals surface area contributed by atoms with Crippen molar-refractivity contribution in [3.63, 3.8) is 0 Å². The lowest BCUT2D eigenvalue weighted by atomic mass is 10.1. The van der Waals surface area contributed by atoms with E-state index in [1.807, 2.05) is 24.3 Å². The standard InChI is InChI=1S/C19H22F3N3O/c1-26-17-7-4-6-16(13-17)25-18(23)24-12-3-2-5-14-8-10-15(11-9-14)19(20,21)22/h4,6-11,13H,2-3,5,12H2,1H3,(H3,23,24,25). The maximum absolute atomic E-state index is 12.5. The fraction of sp³-hybridized carbons (Fsp3) is 0.316. The van der Waals surface area contributed by atoms with Gasteiger partial charge in [-0.3, -0.25) is 4.99 Å². The highest BCUT2D eigenvalue weighted by Crippen LogP contribution is 2.29. The summed E-state index contributed by atoms with van der Waals surface area (Å²) in [7, 11) is 1.59. The summed E-state index contributed by atoms with van der Waals surface area (Å²) in [6.07, 6.45) is -1.97. The zero-order valence-corrected chi connectivity index (χ0v) is 14.5. The number of hydrogen-bond acceptors (Lipinski definition) is 2. The quantitative estimate of drug-likeness (QED) is 0.433. The SMILES string of the molecule is COc1cccc(NC(N)=NCCCCc2ccc(C(F)(F)F)cc2)c1. The van der Waals surface area contributed by atoms with Gasteiger partial charge in [0.15, 0.2) is 5.96 Å². The maximum atomic E-state index is 12.5. The van der Waals surface area contributed by atoms with Crippen LogP contribution in [-0.2, 0) is 12.6 Å². The van der Waals surface area contributed by atoms with Crippen molar-refractivity contribution < 1.29 is 17.9 Å². The van der Waals surface area contributed by atoms with Crippen LogP contribution in [0.2, 0.25) is 0 Å². The second-order valence-electron chi connectivity index (χ2n) is 5.78. The molecule has 0 spiro atoms. The van der Waals surface area contributed by atoms with Gasteiger partial charge in [-0.15, -0.1) is 0 Å². The summed E-state index contributed by atoms with van der Waals surface area (Å²) in [6, 6.07) is 12.6. The summed E-state index contributed by atoms with van der Waals surface area (Å²) in [5.41, 5.74) is 6.88. The normalized spacial score (nSPS) is 12.1. The third kappa shape index (κ3) is 6.31. The molecule has 4 nitrogen and oxygen atoms in total. The van der Waals surface area contributed by atoms with E-state index in [0.717, 1.165) is 42.0 Å². The molecule has 0 aromatic heterocycles. The second kappa shape index (κ2) is 9.12. The molecule has 0 heterocycles. The van der Waals surface area contributed by atoms with E-state index in [1.54, 1.807) is 7.11 Å². The Labute approximate surface area is 150 Å². The van der Waals surface area contributed by atoms with E-state index in [9.17, 15) is 13.2 Å². The van der Waals surface area contributed by atoms with Crippen LogP contribution in [0.5, 0.6) is 5.75 Å². The van der Waals surface area contributed by atoms with E-state index < -0.39 is 11.7 Å². The smallest absolute Gasteiger partial charge is 0.416 e. The second-order valence-corrected chi connectivity index (χ2v) is 5.78. The average Bonchev–Trinajstić information content (AvgIpc) is 2.61. The van der Waals surface area contributed by atoms with Crippen molar-refractivity contribution in [2.24, 2.45) is 10.7 Å². The molecule has 0 amide bonds. The first-order valence-corrected chi connectivity index (χ1v) is 8.25. The average molecular weight is 365 g/mol. The Morgan fingerprint density at radius 2 is 1.85 bits per heavy atom. The van der Waals surface area contributed by atoms with Gasteiger partial charge in [-0.25, -0.2) is 0 Å². The Bertz CT molecular complexity index is 728. The molecule has 0 fully saturated rings. The lowest BCUT2D eigenvalue weighted by molar-refractivity contribution is -0.137. The number of nitrogens with one attached hydrogen (secondary N) is 1. The lowest BCUT2D eigenvalue weighted by Crippen LogP contribution is -2.22. The number of benzene rings is 2. The van der Waals surface area contributed by atoms with Gasteiger partial charge in [0.25, 0.3) is 0 Å². The third-order valence-corrected chi connectivity index (χ3v) is 3.78. The maximum Gasteiger partial charge on any atom is 0.416 e. The van der Waals surface area contributed by atoms with Gasteiger partial charge >= 0.3 is 6.18 Å². The van der Waals surface area contributed by atoms with Gasteiger partial charge < -0.3 is 15.8 Å². The molecule has 0 saturated carbocycles. The Hall–Kier alpha value is -2.70. The highest BCUT2D eigenvalue weighted by molar-refractivity contribution is 5.92. The number of halogens is 3. The number of nitrogens with zero attached hydrogens (tertiary/aromatic N) is 1. The van der Waals surface area contributed by atoms with Gasteiger partial charge in [0.1, 0.15) is 5.75 Å². The monoisotopic (exact) mass is 365 g/mol. The van der Waals surface area contributed by atoms with E-state index in [0.29, 0.717) is 18.9 Å². The predicted octanol–water partition coefficient (Wildman–Crippen LogP) is 4.46. The summed E-state index contributed by atoms with van der Waals surface area (Å²) < 4.78 is 42.7. The fourth-order valence-corrected chi connectivity index (χ4v) is 2.39. The van der Waals surface area contributed by atoms with E-state index >= 15 is 0 Å². The van der Waals surface area contributed by atoms with Gasteiger partial charge in [0, 0.05) is 18.3 Å². The first kappa shape index (κ1) is 19.6. The number of guanidine groups is 1. The molecule has 0 bridgehead atoms. The van der Waals surface area contributed by atoms with Gasteiger partial charge in [-0.05, 0) is 49.1 Å². The molecule has 0 aliphatic carbocycles. The molecule has 7 heteroatoms. The minimum absolute atomic E-state index is 0.313. The van der Waals surface area contributed by atoms with E-state index in [1.165, 1.54) is 12.1 Å². The Balaban J connectivity index is 1.73. The number of rotatable bonds is 7. The molecule has 3 N–H and O–H groups in total. The molecular formula is C19H22F3N3O. The van der Waals surface area contributed by atoms with Crippen LogP contribution in [0.25, 0.3) is 0 Å². The highest BCUT2D eigenvalue weighted by Gasteiger charge is 2.29. The van der Waals surface area contributed by atoms with Crippen LogP contribution in [0.1, 0.15) is 24.0 Å². The molecule has 140 valence electrons. The topological polar surface area (TPSA) is 59.6 Å². The molecule has 0 radical (unpaired) electrons. The first-order chi connectivity index (χ1) is 12.4. The molecule has 0 saturated heterocycles. The van der Waals surface area contributed by atoms with Crippen molar-refractivity contribution in [3.8, 4) is 5.75 Å². The zero-order chi connectivity index (χ0) is 19.0. The zero-order valence-electron chi connectivity index (χ0n) is 14.5. The number of alkyl halides is 3. The van der Waals surface area contributed by atoms with Crippen LogP contribution < -0.4 is 15.8 Å². The summed E-state index contributed by atoms with van der Waals surface area (Å²) in [5, 5.41) is 2.99. The Morgan fingerprint density at radius 3 is 2.50 bits per heavy atom. The van der Waals surface area contributed by atoms with Crippen molar-refractivity contribution in [3.05, 3.63) is 59.7 Å². The minimum Gasteiger partial charge on any atom is -0.497 e. The number of nitrogens with two attached hydrogens (primary N) is 1. The lowest BCUT2D eigenvalue weighted by Gasteiger charge is -2.08. The molecule has 2 aromatic rings. The van der Waals surface area contributed by atoms with Crippen molar-refractivity contribution in [1.29, 1.82) is 0 Å². The largest absolute Gasteiger partial charge is 0.497 e. The molecule has 26 heavy (non-hydrogen) atoms. The Morgan fingerprint density at radius 1 is 1.12 bits per heavy atom. The van der Waals surface area contributed by atoms with Crippen LogP contribution in [0.4, 0.5) is 18.9 Å². The van der Waals surface area contributed by atoms with E-state index in [2.05, 4.69) is 10.3 Å². The Kier molecular flexibility index (Phi) is 6.89. The molecule has 2 rings (SSSR count). The summed E-state index contributed by atoms with van der Waals surface area (Å²) in [6.45, 7) is 0.545. The van der Waals surface area contributed by atoms with Gasteiger partial charge in [0.05, 0.1) is 12.7 Å². The van der Waals surface area contributed by atoms with E-state index in [-0.39, 0.29) is 0 Å². The van der Waals surface area contributed by atoms with Gasteiger partial charge in [-0.2, -0.15) is 13.2 Å². The molecular weight excluding hydrogens is 343 g/mol. The van der Waals surface area contributed by atoms with Crippen LogP contribution in [0.15, 0.2) is 53.5 Å². The summed E-state index contributed by atoms with van der Waals surface area (Å²) >= 11 is 0. The first-order valence-electron chi connectivity index (χ1n) is 8.25. The van der Waals surface area contributed by atoms with Crippen LogP contribution in [0.3, 0.4) is 0 Å². The van der Waals surface area contributed by atoms with Crippen molar-refractivity contribution in [2.75, 3.05) is 19.0 Å². The number of unbranched alkanes of at least 4 members (excludes halogenated alkanes) is 1. The molecule has 0 unspecified atom stereocenters. The van der Waals surface area contributed by atoms with Crippen LogP contribution in [0, 0.1) is 0 Å². The summed E-state index contributed by atoms with van der Waals surface area (Å²) in [5.74, 6) is 1.03. The number of hydrogen-bond donors (Lipinski definition) is 2. The molecule has 2 aromatic carbocycles. The predicted molar refractivity (Wildman–Crippen MR) is 97.5 cm³/mol. The number of aryl methyl sites for hydroxylation is 1. The van der Waals surface area contributed by atoms with E-state index in [4.69, 9.17) is 10.5 Å². The molecule has 0 aliphatic heterocycles. The number of anilines is 1. The molecule has 0 atom stereocenters. The molecule has 0 aliphatic rings.